The molecule has 4 fully saturated rings. The van der Waals surface area contributed by atoms with E-state index in [1.54, 1.807) is 54.8 Å². The zero-order valence-corrected chi connectivity index (χ0v) is 49.4. The van der Waals surface area contributed by atoms with Crippen LogP contribution >= 0.6 is 0 Å². The maximum Gasteiger partial charge on any atom is 0.311 e. The number of ether oxygens (including phenoxy) is 7. The number of piperazine rings is 1. The number of esters is 1. The van der Waals surface area contributed by atoms with Crippen molar-refractivity contribution in [2.75, 3.05) is 81.3 Å². The number of methoxy groups -OCH3 is 2. The number of nitrogens with zero attached hydrogens (tertiary/aromatic N) is 7. The molecule has 0 spiro atoms. The van der Waals surface area contributed by atoms with Gasteiger partial charge in [-0.1, -0.05) is 50.3 Å². The van der Waals surface area contributed by atoms with Crippen LogP contribution < -0.4 is 0 Å². The molecule has 1 aromatic heterocycles. The van der Waals surface area contributed by atoms with Crippen LogP contribution in [-0.2, 0) is 50.9 Å². The third-order valence-corrected chi connectivity index (χ3v) is 17.8. The number of carbonyl (C=O) groups is 1. The van der Waals surface area contributed by atoms with Gasteiger partial charge in [-0.15, -0.1) is 5.10 Å². The van der Waals surface area contributed by atoms with E-state index < -0.39 is 127 Å². The van der Waals surface area contributed by atoms with Gasteiger partial charge in [-0.25, -0.2) is 9.07 Å². The van der Waals surface area contributed by atoms with Crippen LogP contribution in [0.1, 0.15) is 124 Å². The van der Waals surface area contributed by atoms with Crippen LogP contribution in [0.3, 0.4) is 0 Å². The van der Waals surface area contributed by atoms with Crippen molar-refractivity contribution in [1.29, 1.82) is 0 Å². The minimum Gasteiger partial charge on any atom is -0.459 e. The maximum atomic E-state index is 15.0. The maximum absolute atomic E-state index is 15.0. The molecule has 2 aromatic rings. The van der Waals surface area contributed by atoms with Gasteiger partial charge in [-0.3, -0.25) is 9.69 Å². The number of aliphatic hydroxyl groups excluding tert-OH is 3. The first kappa shape index (κ1) is 64.3. The van der Waals surface area contributed by atoms with Crippen molar-refractivity contribution >= 4 is 5.97 Å². The predicted octanol–water partition coefficient (Wildman–Crippen LogP) is 3.75. The number of hydrogen-bond acceptors (Lipinski definition) is 19. The third kappa shape index (κ3) is 15.2. The Morgan fingerprint density at radius 3 is 2.21 bits per heavy atom. The van der Waals surface area contributed by atoms with Gasteiger partial charge in [-0.05, 0) is 106 Å². The van der Waals surface area contributed by atoms with E-state index in [9.17, 15) is 34.7 Å². The molecular weight excluding hydrogens is 1010 g/mol. The molecule has 0 aliphatic carbocycles. The van der Waals surface area contributed by atoms with E-state index in [1.165, 1.54) is 24.3 Å². The lowest BCUT2D eigenvalue weighted by Gasteiger charge is -2.49. The van der Waals surface area contributed by atoms with Crippen molar-refractivity contribution < 1.29 is 67.9 Å². The zero-order valence-electron chi connectivity index (χ0n) is 49.4. The van der Waals surface area contributed by atoms with E-state index in [1.807, 2.05) is 56.8 Å². The average molecular weight is 1110 g/mol. The normalized spacial score (nSPS) is 39.6. The van der Waals surface area contributed by atoms with Gasteiger partial charge in [0.2, 0.25) is 0 Å². The summed E-state index contributed by atoms with van der Waals surface area (Å²) in [5.74, 6) is -2.86. The molecule has 446 valence electrons. The number of aliphatic hydroxyl groups is 5. The lowest BCUT2D eigenvalue weighted by atomic mass is 9.77. The van der Waals surface area contributed by atoms with Gasteiger partial charge in [0.1, 0.15) is 48.8 Å². The molecule has 5 N–H and O–H groups in total. The largest absolute Gasteiger partial charge is 0.459 e. The molecule has 78 heavy (non-hydrogen) atoms. The number of alkyl halides is 1. The van der Waals surface area contributed by atoms with Crippen molar-refractivity contribution in [1.82, 2.24) is 34.6 Å². The highest BCUT2D eigenvalue weighted by Gasteiger charge is 2.53. The SMILES string of the molecule is CC[C@H]1OC(=O)[C@H](C)[C@@H](O[C@H]2C[C@@](C)(OC)[C@@H](O)[C@H](C)O2)[C@H](C)[C@@H](O[C@@H]2O[C@H](C)C[C@H](N(C)CCc3cn([C@H](CF)[C@H](OC)c4ccc(CN5CCN(C)CC5)cc4)nn3)[C@H]2O)[C@](C)(O)C[C@@H](C)CN(C)[C@H](C)[C@@H](O)[C@]1(C)O. The van der Waals surface area contributed by atoms with Gasteiger partial charge in [0, 0.05) is 97.1 Å². The summed E-state index contributed by atoms with van der Waals surface area (Å²) in [5, 5.41) is 68.8. The summed E-state index contributed by atoms with van der Waals surface area (Å²) in [6.45, 7) is 22.6. The van der Waals surface area contributed by atoms with E-state index in [2.05, 4.69) is 39.3 Å². The Hall–Kier alpha value is -2.84. The van der Waals surface area contributed by atoms with Gasteiger partial charge < -0.3 is 73.4 Å². The number of carbonyl (C=O) groups excluding carboxylic acids is 1. The summed E-state index contributed by atoms with van der Waals surface area (Å²) >= 11 is 0. The second-order valence-corrected chi connectivity index (χ2v) is 24.3. The monoisotopic (exact) mass is 1110 g/mol. The lowest BCUT2D eigenvalue weighted by Crippen LogP contribution is -2.61. The fourth-order valence-electron chi connectivity index (χ4n) is 12.6. The summed E-state index contributed by atoms with van der Waals surface area (Å²) in [6.07, 6.45) is -7.84. The number of likely N-dealkylation sites (N-methyl/N-ethyl adjacent to an activating group) is 3. The molecule has 0 radical (unpaired) electrons. The van der Waals surface area contributed by atoms with E-state index in [-0.39, 0.29) is 25.2 Å². The van der Waals surface area contributed by atoms with Crippen LogP contribution in [0.5, 0.6) is 0 Å². The predicted molar refractivity (Wildman–Crippen MR) is 291 cm³/mol. The van der Waals surface area contributed by atoms with Gasteiger partial charge in [0.15, 0.2) is 12.6 Å². The highest BCUT2D eigenvalue weighted by Crippen LogP contribution is 2.41. The molecule has 4 aliphatic rings. The molecular formula is C57H98FN7O13. The summed E-state index contributed by atoms with van der Waals surface area (Å²) in [6, 6.07) is 6.33. The molecule has 0 saturated carbocycles. The Labute approximate surface area is 463 Å². The van der Waals surface area contributed by atoms with Crippen molar-refractivity contribution in [2.24, 2.45) is 17.8 Å². The average Bonchev–Trinajstić information content (AvgIpc) is 3.92. The van der Waals surface area contributed by atoms with Gasteiger partial charge in [0.25, 0.3) is 0 Å². The third-order valence-electron chi connectivity index (χ3n) is 17.8. The van der Waals surface area contributed by atoms with Crippen LogP contribution in [0, 0.1) is 17.8 Å². The van der Waals surface area contributed by atoms with Crippen LogP contribution in [0.4, 0.5) is 4.39 Å². The van der Waals surface area contributed by atoms with Crippen LogP contribution in [0.2, 0.25) is 0 Å². The van der Waals surface area contributed by atoms with E-state index in [0.717, 1.165) is 38.3 Å². The molecule has 6 rings (SSSR count). The summed E-state index contributed by atoms with van der Waals surface area (Å²) < 4.78 is 60.8. The molecule has 0 bridgehead atoms. The zero-order chi connectivity index (χ0) is 57.6. The molecule has 20 nitrogen and oxygen atoms in total. The standard InChI is InChI=1S/C57H98FN7O13/c1-16-45-57(10,71)50(67)38(6)63(13)31-34(2)28-55(8,70)52(36(4)48(37(5)53(69)76-45)77-46-29-56(9,73-15)51(68)39(7)75-46)78-54-47(66)43(27-35(3)74-54)62(12)22-21-42-33-65(60-59-42)44(30-58)49(72-14)41-19-17-40(18-20-41)32-64-25-23-61(11)24-26-64/h17-20,33-39,43-52,54,66-68,70-71H,16,21-32H2,1-15H3/t34-,35-,36+,37-,38-,39+,43+,44-,45-,46+,47-,48+,49-,50-,51+,52-,54+,55-,56-,57-/m1/s1. The number of aromatic nitrogens is 3. The smallest absolute Gasteiger partial charge is 0.311 e. The van der Waals surface area contributed by atoms with Gasteiger partial charge >= 0.3 is 5.97 Å². The van der Waals surface area contributed by atoms with Crippen molar-refractivity contribution in [3.63, 3.8) is 0 Å². The molecule has 21 heteroatoms. The summed E-state index contributed by atoms with van der Waals surface area (Å²) in [4.78, 5) is 23.2. The lowest BCUT2D eigenvalue weighted by molar-refractivity contribution is -0.318. The Morgan fingerprint density at radius 1 is 0.923 bits per heavy atom. The van der Waals surface area contributed by atoms with E-state index >= 15 is 0 Å². The molecule has 4 saturated heterocycles. The number of benzene rings is 1. The molecule has 20 atom stereocenters. The first-order valence-electron chi connectivity index (χ1n) is 28.4. The van der Waals surface area contributed by atoms with E-state index in [0.29, 0.717) is 31.6 Å². The van der Waals surface area contributed by atoms with Crippen molar-refractivity contribution in [3.8, 4) is 0 Å². The van der Waals surface area contributed by atoms with Gasteiger partial charge in [0.05, 0.1) is 47.2 Å². The fourth-order valence-corrected chi connectivity index (χ4v) is 12.6. The van der Waals surface area contributed by atoms with Crippen LogP contribution in [0.25, 0.3) is 0 Å². The molecule has 5 heterocycles. The Bertz CT molecular complexity index is 2150. The summed E-state index contributed by atoms with van der Waals surface area (Å²) in [7, 11) is 8.95. The topological polar surface area (TPSA) is 226 Å². The quantitative estimate of drug-likeness (QED) is 0.142. The Balaban J connectivity index is 1.23. The Morgan fingerprint density at radius 2 is 1.59 bits per heavy atom. The number of halogens is 1. The van der Waals surface area contributed by atoms with Gasteiger partial charge in [-0.2, -0.15) is 0 Å². The molecule has 1 aromatic carbocycles. The molecule has 4 aliphatic heterocycles. The summed E-state index contributed by atoms with van der Waals surface area (Å²) in [5.41, 5.74) is -1.93. The minimum absolute atomic E-state index is 0.0875. The number of cyclic esters (lactones) is 1. The second-order valence-electron chi connectivity index (χ2n) is 24.3. The van der Waals surface area contributed by atoms with E-state index in [4.69, 9.17) is 33.2 Å². The van der Waals surface area contributed by atoms with Crippen molar-refractivity contribution in [3.05, 3.63) is 47.3 Å². The first-order chi connectivity index (χ1) is 36.7. The number of hydrogen-bond donors (Lipinski definition) is 5. The van der Waals surface area contributed by atoms with Crippen molar-refractivity contribution in [2.45, 2.75) is 210 Å². The van der Waals surface area contributed by atoms with Crippen LogP contribution in [0.15, 0.2) is 30.5 Å². The molecule has 0 unspecified atom stereocenters. The first-order valence-corrected chi connectivity index (χ1v) is 28.4. The second kappa shape index (κ2) is 27.5. The highest BCUT2D eigenvalue weighted by atomic mass is 19.1. The molecule has 0 amide bonds. The minimum atomic E-state index is -1.85. The highest BCUT2D eigenvalue weighted by molar-refractivity contribution is 5.73. The van der Waals surface area contributed by atoms with Crippen LogP contribution in [-0.4, -0.2) is 238 Å². The fraction of sp³-hybridized carbons (Fsp3) is 0.842. The Kier molecular flexibility index (Phi) is 22.7. The number of rotatable bonds is 17.